The Morgan fingerprint density at radius 2 is 1.50 bits per heavy atom. The number of nitrogens with one attached hydrogen (secondary N) is 2. The molecule has 0 aliphatic heterocycles. The maximum Gasteiger partial charge on any atom is 0.315 e. The number of hydrogen-bond donors (Lipinski definition) is 2. The fraction of sp³-hybridized carbons (Fsp3) is 0.320. The predicted octanol–water partition coefficient (Wildman–Crippen LogP) is 4.26. The first-order chi connectivity index (χ1) is 15.7. The van der Waals surface area contributed by atoms with E-state index >= 15 is 0 Å². The van der Waals surface area contributed by atoms with Crippen LogP contribution in [0.4, 0.5) is 4.79 Å². The van der Waals surface area contributed by atoms with E-state index in [0.29, 0.717) is 11.8 Å². The number of amides is 2. The molecule has 1 aromatic heterocycles. The quantitative estimate of drug-likeness (QED) is 0.583. The first-order valence-electron chi connectivity index (χ1n) is 10.9. The first kappa shape index (κ1) is 21.6. The van der Waals surface area contributed by atoms with E-state index in [1.807, 2.05) is 60.7 Å². The minimum Gasteiger partial charge on any atom is -0.480 e. The second-order valence-corrected chi connectivity index (χ2v) is 7.86. The highest BCUT2D eigenvalue weighted by molar-refractivity contribution is 5.75. The van der Waals surface area contributed by atoms with Gasteiger partial charge in [0.05, 0.1) is 25.5 Å². The summed E-state index contributed by atoms with van der Waals surface area (Å²) in [5.41, 5.74) is 2.09. The highest BCUT2D eigenvalue weighted by Crippen LogP contribution is 2.25. The number of ether oxygens (including phenoxy) is 2. The van der Waals surface area contributed by atoms with Gasteiger partial charge < -0.3 is 20.1 Å². The Bertz CT molecular complexity index is 953. The fourth-order valence-corrected chi connectivity index (χ4v) is 3.99. The standard InChI is InChI=1S/C25H28N4O3/c1-31-22-16-26-17-23(28-22)32-21-14-12-20(13-15-21)27-25(30)29-24(18-8-4-2-5-9-18)19-10-6-3-7-11-19/h2-11,16-17,20-21,24H,12-15H2,1H3,(H2,27,29,30). The third-order valence-electron chi connectivity index (χ3n) is 5.64. The molecule has 2 amide bonds. The smallest absolute Gasteiger partial charge is 0.315 e. The highest BCUT2D eigenvalue weighted by Gasteiger charge is 2.25. The number of aromatic nitrogens is 2. The van der Waals surface area contributed by atoms with Gasteiger partial charge in [-0.2, -0.15) is 4.98 Å². The average molecular weight is 433 g/mol. The zero-order chi connectivity index (χ0) is 22.2. The Morgan fingerprint density at radius 1 is 0.906 bits per heavy atom. The van der Waals surface area contributed by atoms with Crippen LogP contribution in [-0.2, 0) is 0 Å². The summed E-state index contributed by atoms with van der Waals surface area (Å²) in [4.78, 5) is 21.2. The molecule has 4 rings (SSSR count). The molecule has 1 aliphatic carbocycles. The van der Waals surface area contributed by atoms with Crippen LogP contribution in [0, 0.1) is 0 Å². The summed E-state index contributed by atoms with van der Waals surface area (Å²) >= 11 is 0. The molecule has 7 nitrogen and oxygen atoms in total. The fourth-order valence-electron chi connectivity index (χ4n) is 3.99. The largest absolute Gasteiger partial charge is 0.480 e. The Balaban J connectivity index is 1.31. The first-order valence-corrected chi connectivity index (χ1v) is 10.9. The molecule has 0 unspecified atom stereocenters. The topological polar surface area (TPSA) is 85.4 Å². The lowest BCUT2D eigenvalue weighted by Crippen LogP contribution is -2.45. The number of hydrogen-bond acceptors (Lipinski definition) is 5. The van der Waals surface area contributed by atoms with Crippen LogP contribution < -0.4 is 20.1 Å². The van der Waals surface area contributed by atoms with Gasteiger partial charge in [0.25, 0.3) is 0 Å². The zero-order valence-electron chi connectivity index (χ0n) is 18.1. The van der Waals surface area contributed by atoms with Gasteiger partial charge in [-0.15, -0.1) is 0 Å². The summed E-state index contributed by atoms with van der Waals surface area (Å²) in [7, 11) is 1.55. The molecule has 1 fully saturated rings. The maximum atomic E-state index is 12.8. The Hall–Kier alpha value is -3.61. The number of carbonyl (C=O) groups is 1. The Labute approximate surface area is 188 Å². The molecule has 2 aromatic carbocycles. The third-order valence-corrected chi connectivity index (χ3v) is 5.64. The lowest BCUT2D eigenvalue weighted by atomic mass is 9.93. The van der Waals surface area contributed by atoms with E-state index in [1.54, 1.807) is 19.5 Å². The normalized spacial score (nSPS) is 18.1. The maximum absolute atomic E-state index is 12.8. The van der Waals surface area contributed by atoms with Crippen molar-refractivity contribution in [1.29, 1.82) is 0 Å². The Kier molecular flexibility index (Phi) is 7.17. The van der Waals surface area contributed by atoms with Crippen molar-refractivity contribution >= 4 is 6.03 Å². The van der Waals surface area contributed by atoms with Crippen molar-refractivity contribution in [1.82, 2.24) is 20.6 Å². The highest BCUT2D eigenvalue weighted by atomic mass is 16.5. The molecule has 1 saturated carbocycles. The van der Waals surface area contributed by atoms with Crippen LogP contribution in [-0.4, -0.2) is 35.3 Å². The number of benzene rings is 2. The van der Waals surface area contributed by atoms with Gasteiger partial charge in [-0.3, -0.25) is 4.98 Å². The van der Waals surface area contributed by atoms with Gasteiger partial charge in [-0.25, -0.2) is 4.79 Å². The summed E-state index contributed by atoms with van der Waals surface area (Å²) in [5, 5.41) is 6.29. The van der Waals surface area contributed by atoms with E-state index in [1.165, 1.54) is 0 Å². The van der Waals surface area contributed by atoms with Crippen molar-refractivity contribution in [3.05, 3.63) is 84.2 Å². The van der Waals surface area contributed by atoms with Crippen LogP contribution in [0.3, 0.4) is 0 Å². The molecule has 0 bridgehead atoms. The predicted molar refractivity (Wildman–Crippen MR) is 122 cm³/mol. The molecule has 3 aromatic rings. The summed E-state index contributed by atoms with van der Waals surface area (Å²) in [5.74, 6) is 0.896. The second-order valence-electron chi connectivity index (χ2n) is 7.86. The molecule has 7 heteroatoms. The number of nitrogens with zero attached hydrogens (tertiary/aromatic N) is 2. The molecule has 2 N–H and O–H groups in total. The SMILES string of the molecule is COc1cncc(OC2CCC(NC(=O)NC(c3ccccc3)c3ccccc3)CC2)n1. The molecule has 0 atom stereocenters. The van der Waals surface area contributed by atoms with Crippen molar-refractivity contribution in [3.63, 3.8) is 0 Å². The molecule has 0 spiro atoms. The van der Waals surface area contributed by atoms with Crippen LogP contribution in [0.25, 0.3) is 0 Å². The van der Waals surface area contributed by atoms with Gasteiger partial charge in [-0.1, -0.05) is 60.7 Å². The van der Waals surface area contributed by atoms with Gasteiger partial charge in [0.15, 0.2) is 0 Å². The van der Waals surface area contributed by atoms with E-state index in [-0.39, 0.29) is 24.2 Å². The summed E-state index contributed by atoms with van der Waals surface area (Å²) < 4.78 is 11.0. The molecule has 1 aliphatic rings. The van der Waals surface area contributed by atoms with Crippen LogP contribution in [0.2, 0.25) is 0 Å². The molecule has 0 radical (unpaired) electrons. The second kappa shape index (κ2) is 10.6. The molecule has 166 valence electrons. The van der Waals surface area contributed by atoms with Gasteiger partial charge >= 0.3 is 6.03 Å². The monoisotopic (exact) mass is 432 g/mol. The van der Waals surface area contributed by atoms with Crippen LogP contribution in [0.1, 0.15) is 42.9 Å². The number of carbonyl (C=O) groups excluding carboxylic acids is 1. The van der Waals surface area contributed by atoms with Gasteiger partial charge in [0, 0.05) is 6.04 Å². The summed E-state index contributed by atoms with van der Waals surface area (Å²) in [6.45, 7) is 0. The van der Waals surface area contributed by atoms with E-state index in [2.05, 4.69) is 20.6 Å². The molecule has 0 saturated heterocycles. The molecular weight excluding hydrogens is 404 g/mol. The minimum atomic E-state index is -0.205. The van der Waals surface area contributed by atoms with E-state index in [9.17, 15) is 4.79 Å². The van der Waals surface area contributed by atoms with Crippen molar-refractivity contribution < 1.29 is 14.3 Å². The third kappa shape index (κ3) is 5.75. The lowest BCUT2D eigenvalue weighted by molar-refractivity contribution is 0.133. The van der Waals surface area contributed by atoms with E-state index in [0.717, 1.165) is 36.8 Å². The van der Waals surface area contributed by atoms with Crippen molar-refractivity contribution in [2.24, 2.45) is 0 Å². The van der Waals surface area contributed by atoms with E-state index < -0.39 is 0 Å². The van der Waals surface area contributed by atoms with Gasteiger partial charge in [0.2, 0.25) is 11.8 Å². The number of methoxy groups -OCH3 is 1. The number of rotatable bonds is 7. The molecule has 32 heavy (non-hydrogen) atoms. The van der Waals surface area contributed by atoms with E-state index in [4.69, 9.17) is 9.47 Å². The van der Waals surface area contributed by atoms with Gasteiger partial charge in [0.1, 0.15) is 6.10 Å². The van der Waals surface area contributed by atoms with Crippen molar-refractivity contribution in [2.75, 3.05) is 7.11 Å². The van der Waals surface area contributed by atoms with Crippen molar-refractivity contribution in [2.45, 2.75) is 43.9 Å². The average Bonchev–Trinajstić information content (AvgIpc) is 2.85. The zero-order valence-corrected chi connectivity index (χ0v) is 18.1. The van der Waals surface area contributed by atoms with Crippen LogP contribution in [0.15, 0.2) is 73.1 Å². The molecule has 1 heterocycles. The van der Waals surface area contributed by atoms with Crippen LogP contribution >= 0.6 is 0 Å². The van der Waals surface area contributed by atoms with Crippen LogP contribution in [0.5, 0.6) is 11.8 Å². The minimum absolute atomic E-state index is 0.0545. The number of urea groups is 1. The van der Waals surface area contributed by atoms with Crippen molar-refractivity contribution in [3.8, 4) is 11.8 Å². The molecular formula is C25H28N4O3. The Morgan fingerprint density at radius 3 is 2.09 bits per heavy atom. The van der Waals surface area contributed by atoms with Gasteiger partial charge in [-0.05, 0) is 36.8 Å². The summed E-state index contributed by atoms with van der Waals surface area (Å²) in [6.07, 6.45) is 6.56. The lowest BCUT2D eigenvalue weighted by Gasteiger charge is -2.30. The summed E-state index contributed by atoms with van der Waals surface area (Å²) in [6, 6.07) is 19.8.